The minimum Gasteiger partial charge on any atom is -0.394 e. The molecule has 24 heavy (non-hydrogen) atoms. The minimum absolute atomic E-state index is 0.455. The molecular formula is C11H12F3N3O7. The van der Waals surface area contributed by atoms with E-state index in [4.69, 9.17) is 9.84 Å². The number of hydrogen-bond acceptors (Lipinski definition) is 7. The quantitative estimate of drug-likeness (QED) is 0.366. The van der Waals surface area contributed by atoms with Gasteiger partial charge >= 0.3 is 17.8 Å². The number of carbonyl (C=O) groups is 1. The van der Waals surface area contributed by atoms with Crippen molar-refractivity contribution in [3.05, 3.63) is 33.1 Å². The van der Waals surface area contributed by atoms with Crippen LogP contribution in [0.25, 0.3) is 0 Å². The van der Waals surface area contributed by atoms with Gasteiger partial charge < -0.3 is 25.4 Å². The number of rotatable bonds is 3. The maximum atomic E-state index is 12.4. The lowest BCUT2D eigenvalue weighted by atomic mass is 10.0. The Hall–Kier alpha value is -2.22. The molecule has 134 valence electrons. The topological polar surface area (TPSA) is 154 Å². The van der Waals surface area contributed by atoms with Crippen molar-refractivity contribution < 1.29 is 38.0 Å². The second-order valence-electron chi connectivity index (χ2n) is 4.95. The first kappa shape index (κ1) is 18.1. The molecule has 0 bridgehead atoms. The number of amides is 1. The van der Waals surface area contributed by atoms with E-state index in [-0.39, 0.29) is 0 Å². The van der Waals surface area contributed by atoms with Crippen LogP contribution in [0.2, 0.25) is 0 Å². The van der Waals surface area contributed by atoms with Crippen LogP contribution in [-0.2, 0) is 9.53 Å². The zero-order chi connectivity index (χ0) is 18.3. The van der Waals surface area contributed by atoms with Gasteiger partial charge in [0.2, 0.25) is 5.72 Å². The van der Waals surface area contributed by atoms with Crippen molar-refractivity contribution in [2.75, 3.05) is 6.61 Å². The molecule has 5 N–H and O–H groups in total. The van der Waals surface area contributed by atoms with Gasteiger partial charge in [0.05, 0.1) is 6.61 Å². The second kappa shape index (κ2) is 6.01. The summed E-state index contributed by atoms with van der Waals surface area (Å²) in [6.07, 6.45) is -10.5. The van der Waals surface area contributed by atoms with Crippen LogP contribution in [0.15, 0.2) is 21.9 Å². The molecular weight excluding hydrogens is 343 g/mol. The lowest BCUT2D eigenvalue weighted by molar-refractivity contribution is -0.192. The van der Waals surface area contributed by atoms with Gasteiger partial charge in [0.15, 0.2) is 6.23 Å². The molecule has 1 fully saturated rings. The summed E-state index contributed by atoms with van der Waals surface area (Å²) < 4.78 is 42.7. The first-order valence-electron chi connectivity index (χ1n) is 6.38. The van der Waals surface area contributed by atoms with Crippen molar-refractivity contribution in [1.82, 2.24) is 14.9 Å². The molecule has 0 aromatic carbocycles. The van der Waals surface area contributed by atoms with Crippen molar-refractivity contribution in [2.24, 2.45) is 0 Å². The number of halogens is 3. The summed E-state index contributed by atoms with van der Waals surface area (Å²) in [5.41, 5.74) is -5.11. The van der Waals surface area contributed by atoms with Gasteiger partial charge in [-0.15, -0.1) is 0 Å². The summed E-state index contributed by atoms with van der Waals surface area (Å²) >= 11 is 0. The Labute approximate surface area is 130 Å². The number of nitrogens with one attached hydrogen (secondary N) is 2. The molecule has 0 radical (unpaired) electrons. The highest BCUT2D eigenvalue weighted by molar-refractivity contribution is 5.82. The van der Waals surface area contributed by atoms with Gasteiger partial charge in [-0.1, -0.05) is 0 Å². The van der Waals surface area contributed by atoms with Crippen LogP contribution in [0.3, 0.4) is 0 Å². The number of alkyl halides is 3. The van der Waals surface area contributed by atoms with E-state index in [1.165, 1.54) is 0 Å². The summed E-state index contributed by atoms with van der Waals surface area (Å²) in [7, 11) is 0. The van der Waals surface area contributed by atoms with Crippen LogP contribution in [-0.4, -0.2) is 61.5 Å². The number of carbonyl (C=O) groups excluding carboxylic acids is 1. The Morgan fingerprint density at radius 1 is 1.46 bits per heavy atom. The molecule has 2 rings (SSSR count). The molecule has 1 saturated heterocycles. The molecule has 0 spiro atoms. The molecule has 1 aromatic heterocycles. The molecule has 10 nitrogen and oxygen atoms in total. The number of aliphatic hydroxyl groups excluding tert-OH is 2. The van der Waals surface area contributed by atoms with Crippen molar-refractivity contribution in [3.8, 4) is 0 Å². The molecule has 0 unspecified atom stereocenters. The molecule has 4 atom stereocenters. The van der Waals surface area contributed by atoms with E-state index in [1.807, 2.05) is 0 Å². The van der Waals surface area contributed by atoms with Gasteiger partial charge in [-0.3, -0.25) is 19.1 Å². The van der Waals surface area contributed by atoms with Crippen molar-refractivity contribution in [2.45, 2.75) is 30.3 Å². The maximum Gasteiger partial charge on any atom is 0.471 e. The Morgan fingerprint density at radius 2 is 2.08 bits per heavy atom. The maximum absolute atomic E-state index is 12.4. The van der Waals surface area contributed by atoms with E-state index in [9.17, 15) is 37.8 Å². The number of aliphatic hydroxyl groups is 3. The van der Waals surface area contributed by atoms with Crippen molar-refractivity contribution in [1.29, 1.82) is 0 Å². The summed E-state index contributed by atoms with van der Waals surface area (Å²) in [6, 6.07) is 0.801. The monoisotopic (exact) mass is 355 g/mol. The lowest BCUT2D eigenvalue weighted by Crippen LogP contribution is -2.62. The van der Waals surface area contributed by atoms with Crippen molar-refractivity contribution >= 4 is 5.91 Å². The number of hydrogen-bond donors (Lipinski definition) is 5. The summed E-state index contributed by atoms with van der Waals surface area (Å²) in [5.74, 6) is -2.60. The van der Waals surface area contributed by atoms with Crippen LogP contribution in [0.5, 0.6) is 0 Å². The van der Waals surface area contributed by atoms with E-state index >= 15 is 0 Å². The Morgan fingerprint density at radius 3 is 2.58 bits per heavy atom. The van der Waals surface area contributed by atoms with Gasteiger partial charge in [0, 0.05) is 12.3 Å². The summed E-state index contributed by atoms with van der Waals surface area (Å²) in [5, 5.41) is 30.4. The third kappa shape index (κ3) is 3.06. The highest BCUT2D eigenvalue weighted by Crippen LogP contribution is 2.36. The van der Waals surface area contributed by atoms with E-state index in [0.717, 1.165) is 17.6 Å². The third-order valence-corrected chi connectivity index (χ3v) is 3.34. The molecule has 0 saturated carbocycles. The van der Waals surface area contributed by atoms with Gasteiger partial charge in [-0.25, -0.2) is 4.79 Å². The second-order valence-corrected chi connectivity index (χ2v) is 4.95. The van der Waals surface area contributed by atoms with Gasteiger partial charge in [0.1, 0.15) is 12.2 Å². The van der Waals surface area contributed by atoms with Gasteiger partial charge in [0.25, 0.3) is 5.56 Å². The number of H-pyrrole nitrogens is 1. The average Bonchev–Trinajstić information content (AvgIpc) is 2.70. The fraction of sp³-hybridized carbons (Fsp3) is 0.545. The highest BCUT2D eigenvalue weighted by atomic mass is 19.4. The number of aromatic amines is 1. The smallest absolute Gasteiger partial charge is 0.394 e. The van der Waals surface area contributed by atoms with Gasteiger partial charge in [-0.2, -0.15) is 13.2 Å². The standard InChI is InChI=1S/C11H12F3N3O7/c12-11(13,14)7(21)16-10(23)6(20)4(3-18)24-8(10)17-2-1-5(19)15-9(17)22/h1-2,4,6,8,18,20,23H,3H2,(H,16,21)(H,15,19,22)/t4-,6-,8-,10-/m1/s1. The molecule has 13 heteroatoms. The van der Waals surface area contributed by atoms with Crippen LogP contribution in [0.4, 0.5) is 13.2 Å². The van der Waals surface area contributed by atoms with Crippen LogP contribution in [0.1, 0.15) is 6.23 Å². The normalized spacial score (nSPS) is 30.3. The first-order valence-corrected chi connectivity index (χ1v) is 6.38. The Balaban J connectivity index is 2.49. The van der Waals surface area contributed by atoms with E-state index in [2.05, 4.69) is 0 Å². The number of ether oxygens (including phenoxy) is 1. The summed E-state index contributed by atoms with van der Waals surface area (Å²) in [6.45, 7) is -0.931. The minimum atomic E-state index is -5.40. The van der Waals surface area contributed by atoms with Crippen LogP contribution >= 0.6 is 0 Å². The number of nitrogens with zero attached hydrogens (tertiary/aromatic N) is 1. The Bertz CT molecular complexity index is 745. The van der Waals surface area contributed by atoms with Crippen LogP contribution < -0.4 is 16.6 Å². The fourth-order valence-electron chi connectivity index (χ4n) is 2.19. The van der Waals surface area contributed by atoms with E-state index < -0.39 is 54.1 Å². The predicted molar refractivity (Wildman–Crippen MR) is 67.5 cm³/mol. The molecule has 0 aliphatic carbocycles. The largest absolute Gasteiger partial charge is 0.471 e. The Kier molecular flexibility index (Phi) is 4.54. The average molecular weight is 355 g/mol. The molecule has 1 aliphatic heterocycles. The van der Waals surface area contributed by atoms with Gasteiger partial charge in [-0.05, 0) is 0 Å². The predicted octanol–water partition coefficient (Wildman–Crippen LogP) is -2.85. The highest BCUT2D eigenvalue weighted by Gasteiger charge is 2.59. The van der Waals surface area contributed by atoms with E-state index in [0.29, 0.717) is 4.57 Å². The zero-order valence-corrected chi connectivity index (χ0v) is 11.6. The van der Waals surface area contributed by atoms with Crippen molar-refractivity contribution in [3.63, 3.8) is 0 Å². The first-order chi connectivity index (χ1) is 11.0. The molecule has 1 aromatic rings. The molecule has 1 amide bonds. The lowest BCUT2D eigenvalue weighted by Gasteiger charge is -2.32. The fourth-order valence-corrected chi connectivity index (χ4v) is 2.19. The molecule has 1 aliphatic rings. The van der Waals surface area contributed by atoms with Crippen LogP contribution in [0, 0.1) is 0 Å². The SMILES string of the molecule is O=C(N[C@@]1(O)[C@H](O)[C@@H](CO)O[C@H]1n1ccc(=O)[nH]c1=O)C(F)(F)F. The third-order valence-electron chi connectivity index (χ3n) is 3.34. The summed E-state index contributed by atoms with van der Waals surface area (Å²) in [4.78, 5) is 35.6. The zero-order valence-electron chi connectivity index (χ0n) is 11.6. The number of aromatic nitrogens is 2. The van der Waals surface area contributed by atoms with E-state index in [1.54, 1.807) is 4.98 Å². The molecule has 2 heterocycles.